The number of fused-ring (bicyclic) bond motifs is 4. The van der Waals surface area contributed by atoms with Gasteiger partial charge in [-0.2, -0.15) is 9.97 Å². The molecule has 2 aromatic heterocycles. The van der Waals surface area contributed by atoms with E-state index in [1.54, 1.807) is 12.1 Å². The molecule has 2 unspecified atom stereocenters. The molecule has 2 aliphatic heterocycles. The summed E-state index contributed by atoms with van der Waals surface area (Å²) in [6, 6.07) is 5.75. The highest BCUT2D eigenvalue weighted by Crippen LogP contribution is 2.48. The third-order valence-electron chi connectivity index (χ3n) is 12.5. The molecule has 2 aromatic carbocycles. The molecule has 2 atom stereocenters. The van der Waals surface area contributed by atoms with Crippen molar-refractivity contribution < 1.29 is 27.9 Å². The van der Waals surface area contributed by atoms with Gasteiger partial charge in [-0.05, 0) is 86.7 Å². The van der Waals surface area contributed by atoms with Crippen molar-refractivity contribution in [1.82, 2.24) is 25.4 Å². The summed E-state index contributed by atoms with van der Waals surface area (Å²) < 4.78 is 46.8. The van der Waals surface area contributed by atoms with Crippen LogP contribution < -0.4 is 20.1 Å². The fourth-order valence-corrected chi connectivity index (χ4v) is 15.6. The van der Waals surface area contributed by atoms with Crippen molar-refractivity contribution in [1.29, 1.82) is 0 Å². The van der Waals surface area contributed by atoms with Crippen LogP contribution in [0.3, 0.4) is 0 Å². The summed E-state index contributed by atoms with van der Waals surface area (Å²) in [5.74, 6) is 2.53. The zero-order valence-corrected chi connectivity index (χ0v) is 38.9. The first-order valence-corrected chi connectivity index (χ1v) is 24.5. The highest BCUT2D eigenvalue weighted by Gasteiger charge is 2.46. The van der Waals surface area contributed by atoms with Gasteiger partial charge in [-0.25, -0.2) is 13.6 Å². The Balaban J connectivity index is 1.40. The van der Waals surface area contributed by atoms with Gasteiger partial charge in [-0.15, -0.1) is 16.0 Å². The minimum absolute atomic E-state index is 0.0194. The molecule has 16 heteroatoms. The summed E-state index contributed by atoms with van der Waals surface area (Å²) in [6.07, 6.45) is 4.81. The van der Waals surface area contributed by atoms with Gasteiger partial charge in [-0.3, -0.25) is 9.88 Å². The minimum atomic E-state index is -2.33. The van der Waals surface area contributed by atoms with Crippen LogP contribution in [0.15, 0.2) is 35.7 Å². The molecule has 0 spiro atoms. The predicted octanol–water partition coefficient (Wildman–Crippen LogP) is 10.4. The Labute approximate surface area is 365 Å². The van der Waals surface area contributed by atoms with E-state index in [9.17, 15) is 9.70 Å². The molecular weight excluding hydrogens is 900 g/mol. The van der Waals surface area contributed by atoms with Gasteiger partial charge >= 0.3 is 12.1 Å². The normalized spacial score (nSPS) is 18.6. The van der Waals surface area contributed by atoms with E-state index in [0.717, 1.165) is 30.1 Å². The quantitative estimate of drug-likeness (QED) is 0.0366. The van der Waals surface area contributed by atoms with E-state index in [4.69, 9.17) is 24.3 Å². The summed E-state index contributed by atoms with van der Waals surface area (Å²) in [7, 11) is -2.33. The molecule has 4 heterocycles. The standard InChI is InChI=1S/C44H54F2IN7O5Si/c1-25(2)60(26(3)4,27(5)6)17-14-32-35(45)13-10-28-18-31(59-52-51-56)19-33(36(28)32)38-37(46)39-34(20-48-38)40(50-41(49-39)57-24-44(23-47)15-16-44)53-21-29-11-12-30(22-53)54(29)42(55)58-43(7,8)9/h10,13,18-20,25-27,29-30H,11-12,15-16,21-24H2,1-9H3,(H,52,56). The first-order valence-electron chi connectivity index (χ1n) is 20.8. The van der Waals surface area contributed by atoms with Crippen molar-refractivity contribution in [2.75, 3.05) is 29.0 Å². The van der Waals surface area contributed by atoms with Crippen LogP contribution in [0.1, 0.15) is 93.6 Å². The van der Waals surface area contributed by atoms with E-state index in [0.29, 0.717) is 41.7 Å². The Morgan fingerprint density at radius 3 is 2.30 bits per heavy atom. The van der Waals surface area contributed by atoms with Gasteiger partial charge in [0.2, 0.25) is 0 Å². The fraction of sp³-hybridized carbons (Fsp3) is 0.545. The average molecular weight is 954 g/mol. The zero-order valence-electron chi connectivity index (χ0n) is 35.8. The number of benzene rings is 2. The molecule has 60 heavy (non-hydrogen) atoms. The number of alkyl halides is 1. The first-order chi connectivity index (χ1) is 28.4. The lowest BCUT2D eigenvalue weighted by Crippen LogP contribution is -2.57. The second-order valence-electron chi connectivity index (χ2n) is 18.5. The van der Waals surface area contributed by atoms with E-state index in [1.807, 2.05) is 31.3 Å². The molecular formula is C44H54F2IN7O5Si. The Bertz CT molecular complexity index is 2340. The van der Waals surface area contributed by atoms with Crippen LogP contribution in [0, 0.1) is 33.4 Å². The van der Waals surface area contributed by atoms with Crippen molar-refractivity contribution in [2.45, 2.75) is 122 Å². The number of piperazine rings is 1. The summed E-state index contributed by atoms with van der Waals surface area (Å²) in [4.78, 5) is 48.0. The third-order valence-corrected chi connectivity index (χ3v) is 20.5. The molecule has 1 N–H and O–H groups in total. The molecule has 4 aromatic rings. The number of nitrogens with one attached hydrogen (secondary N) is 1. The van der Waals surface area contributed by atoms with E-state index in [2.05, 4.69) is 90.8 Å². The highest BCUT2D eigenvalue weighted by molar-refractivity contribution is 14.1. The van der Waals surface area contributed by atoms with Crippen molar-refractivity contribution in [3.05, 3.63) is 52.6 Å². The van der Waals surface area contributed by atoms with Gasteiger partial charge in [0, 0.05) is 40.1 Å². The Morgan fingerprint density at radius 1 is 1.05 bits per heavy atom. The number of ether oxygens (including phenoxy) is 2. The Hall–Kier alpha value is -4.37. The maximum absolute atomic E-state index is 17.6. The van der Waals surface area contributed by atoms with Crippen LogP contribution in [0.2, 0.25) is 16.6 Å². The number of pyridine rings is 1. The Kier molecular flexibility index (Phi) is 12.3. The summed E-state index contributed by atoms with van der Waals surface area (Å²) in [5.41, 5.74) is 6.01. The van der Waals surface area contributed by atoms with E-state index in [-0.39, 0.29) is 74.3 Å². The second-order valence-corrected chi connectivity index (χ2v) is 24.9. The molecule has 320 valence electrons. The lowest BCUT2D eigenvalue weighted by atomic mass is 9.95. The van der Waals surface area contributed by atoms with Gasteiger partial charge in [0.25, 0.3) is 0 Å². The number of halogens is 3. The van der Waals surface area contributed by atoms with Crippen molar-refractivity contribution in [3.8, 4) is 34.5 Å². The number of nitrogens with zero attached hydrogens (tertiary/aromatic N) is 6. The van der Waals surface area contributed by atoms with Crippen molar-refractivity contribution >= 4 is 64.3 Å². The molecule has 1 saturated carbocycles. The number of carbonyl (C=O) groups excluding carboxylic acids is 1. The van der Waals surface area contributed by atoms with Crippen LogP contribution in [-0.2, 0) is 4.74 Å². The average Bonchev–Trinajstić information content (AvgIpc) is 3.92. The van der Waals surface area contributed by atoms with Gasteiger partial charge in [0.15, 0.2) is 11.6 Å². The number of amides is 1. The van der Waals surface area contributed by atoms with Crippen LogP contribution >= 0.6 is 22.6 Å². The predicted molar refractivity (Wildman–Crippen MR) is 241 cm³/mol. The van der Waals surface area contributed by atoms with E-state index < -0.39 is 25.3 Å². The van der Waals surface area contributed by atoms with Crippen LogP contribution in [0.5, 0.6) is 11.8 Å². The van der Waals surface area contributed by atoms with Crippen LogP contribution in [0.4, 0.5) is 19.4 Å². The number of nitroso groups, excluding NO2 is 1. The largest absolute Gasteiger partial charge is 0.463 e. The third kappa shape index (κ3) is 8.32. The lowest BCUT2D eigenvalue weighted by Gasteiger charge is -2.42. The lowest BCUT2D eigenvalue weighted by molar-refractivity contribution is 0.0122. The first kappa shape index (κ1) is 43.7. The van der Waals surface area contributed by atoms with Gasteiger partial charge in [0.05, 0.1) is 34.9 Å². The van der Waals surface area contributed by atoms with Crippen LogP contribution in [-0.4, -0.2) is 75.8 Å². The molecule has 0 radical (unpaired) electrons. The zero-order chi connectivity index (χ0) is 43.3. The number of rotatable bonds is 12. The number of aromatic nitrogens is 3. The molecule has 2 saturated heterocycles. The molecule has 1 amide bonds. The minimum Gasteiger partial charge on any atom is -0.463 e. The molecule has 12 nitrogen and oxygen atoms in total. The van der Waals surface area contributed by atoms with E-state index in [1.165, 1.54) is 18.3 Å². The van der Waals surface area contributed by atoms with Crippen LogP contribution in [0.25, 0.3) is 32.9 Å². The van der Waals surface area contributed by atoms with Gasteiger partial charge < -0.3 is 19.2 Å². The number of hydrogen-bond donors (Lipinski definition) is 1. The summed E-state index contributed by atoms with van der Waals surface area (Å²) in [5, 5.41) is 3.81. The number of carbonyl (C=O) groups is 1. The molecule has 7 rings (SSSR count). The van der Waals surface area contributed by atoms with Gasteiger partial charge in [0.1, 0.15) is 36.5 Å². The topological polar surface area (TPSA) is 131 Å². The number of anilines is 1. The van der Waals surface area contributed by atoms with E-state index >= 15 is 8.78 Å². The molecule has 2 bridgehead atoms. The highest BCUT2D eigenvalue weighted by atomic mass is 127. The molecule has 3 aliphatic rings. The van der Waals surface area contributed by atoms with Crippen molar-refractivity contribution in [2.24, 2.45) is 10.7 Å². The smallest absolute Gasteiger partial charge is 0.410 e. The second kappa shape index (κ2) is 16.8. The maximum Gasteiger partial charge on any atom is 0.410 e. The summed E-state index contributed by atoms with van der Waals surface area (Å²) in [6.45, 7) is 19.9. The molecule has 3 fully saturated rings. The monoisotopic (exact) mass is 953 g/mol. The fourth-order valence-electron chi connectivity index (χ4n) is 9.37. The molecule has 1 aliphatic carbocycles. The maximum atomic E-state index is 17.6. The Morgan fingerprint density at radius 2 is 1.72 bits per heavy atom. The SMILES string of the molecule is CC(C)[Si](C#Cc1c(F)ccc2cc(ONN=O)cc(-c3ncc4c(N5CC6CCC(C5)N6C(=O)OC(C)(C)C)nc(OCC5(CI)CC5)nc4c3F)c12)(C(C)C)C(C)C. The summed E-state index contributed by atoms with van der Waals surface area (Å²) >= 11 is 2.36. The number of hydrogen-bond acceptors (Lipinski definition) is 10. The van der Waals surface area contributed by atoms with Gasteiger partial charge in [-0.1, -0.05) is 76.1 Å². The van der Waals surface area contributed by atoms with Crippen molar-refractivity contribution in [3.63, 3.8) is 0 Å².